The van der Waals surface area contributed by atoms with Gasteiger partial charge in [0, 0.05) is 31.6 Å². The lowest BCUT2D eigenvalue weighted by Crippen LogP contribution is -2.37. The van der Waals surface area contributed by atoms with Crippen LogP contribution in [0.4, 0.5) is 8.78 Å². The summed E-state index contributed by atoms with van der Waals surface area (Å²) in [5.74, 6) is 1.26. The normalized spacial score (nSPS) is 16.6. The van der Waals surface area contributed by atoms with Gasteiger partial charge in [0.05, 0.1) is 12.0 Å². The van der Waals surface area contributed by atoms with Crippen LogP contribution >= 0.6 is 0 Å². The van der Waals surface area contributed by atoms with Crippen LogP contribution in [0, 0.1) is 12.8 Å². The van der Waals surface area contributed by atoms with Gasteiger partial charge in [0.1, 0.15) is 11.5 Å². The van der Waals surface area contributed by atoms with Gasteiger partial charge >= 0.3 is 0 Å². The molecule has 25 heavy (non-hydrogen) atoms. The fourth-order valence-corrected chi connectivity index (χ4v) is 3.17. The van der Waals surface area contributed by atoms with E-state index in [2.05, 4.69) is 15.0 Å². The standard InChI is InChI=1S/C17H22F2N4O2/c1-12-8-14(25-21-12)4-7-22-5-2-13(3-6-22)10-23-11-20-15(17(18)19)9-16(23)24/h8-9,11,13,17H,2-7,10H2,1H3. The maximum Gasteiger partial charge on any atom is 0.280 e. The lowest BCUT2D eigenvalue weighted by atomic mass is 9.96. The maximum atomic E-state index is 12.6. The zero-order chi connectivity index (χ0) is 17.8. The lowest BCUT2D eigenvalue weighted by Gasteiger charge is -2.31. The van der Waals surface area contributed by atoms with Gasteiger partial charge in [-0.05, 0) is 38.8 Å². The molecular weight excluding hydrogens is 330 g/mol. The van der Waals surface area contributed by atoms with E-state index in [-0.39, 0.29) is 0 Å². The molecule has 1 saturated heterocycles. The van der Waals surface area contributed by atoms with Crippen LogP contribution in [0.5, 0.6) is 0 Å². The number of likely N-dealkylation sites (tertiary alicyclic amines) is 1. The van der Waals surface area contributed by atoms with Gasteiger partial charge in [-0.15, -0.1) is 0 Å². The molecule has 8 heteroatoms. The summed E-state index contributed by atoms with van der Waals surface area (Å²) in [7, 11) is 0. The van der Waals surface area contributed by atoms with E-state index in [9.17, 15) is 13.6 Å². The number of halogens is 2. The Morgan fingerprint density at radius 3 is 2.68 bits per heavy atom. The molecule has 3 heterocycles. The van der Waals surface area contributed by atoms with Crippen molar-refractivity contribution >= 4 is 0 Å². The average molecular weight is 352 g/mol. The SMILES string of the molecule is Cc1cc(CCN2CCC(Cn3cnc(C(F)F)cc3=O)CC2)on1. The van der Waals surface area contributed by atoms with Gasteiger partial charge in [-0.2, -0.15) is 0 Å². The minimum absolute atomic E-state index is 0.362. The molecule has 1 aliphatic rings. The summed E-state index contributed by atoms with van der Waals surface area (Å²) in [4.78, 5) is 17.9. The Morgan fingerprint density at radius 2 is 2.08 bits per heavy atom. The van der Waals surface area contributed by atoms with Crippen LogP contribution in [0.1, 0.15) is 36.4 Å². The lowest BCUT2D eigenvalue weighted by molar-refractivity contribution is 0.145. The highest BCUT2D eigenvalue weighted by Crippen LogP contribution is 2.19. The van der Waals surface area contributed by atoms with Gasteiger partial charge in [-0.25, -0.2) is 13.8 Å². The van der Waals surface area contributed by atoms with Crippen LogP contribution in [-0.4, -0.2) is 39.2 Å². The smallest absolute Gasteiger partial charge is 0.280 e. The predicted octanol–water partition coefficient (Wildman–Crippen LogP) is 2.43. The number of hydrogen-bond donors (Lipinski definition) is 0. The topological polar surface area (TPSA) is 64.2 Å². The number of aryl methyl sites for hydroxylation is 1. The Bertz CT molecular complexity index is 751. The van der Waals surface area contributed by atoms with Crippen LogP contribution in [0.2, 0.25) is 0 Å². The van der Waals surface area contributed by atoms with Crippen molar-refractivity contribution in [2.45, 2.75) is 39.2 Å². The van der Waals surface area contributed by atoms with E-state index in [1.807, 2.05) is 13.0 Å². The van der Waals surface area contributed by atoms with E-state index in [0.29, 0.717) is 12.5 Å². The van der Waals surface area contributed by atoms with Crippen LogP contribution in [0.15, 0.2) is 27.8 Å². The van der Waals surface area contributed by atoms with E-state index in [1.165, 1.54) is 10.9 Å². The van der Waals surface area contributed by atoms with Crippen molar-refractivity contribution in [3.05, 3.63) is 46.0 Å². The van der Waals surface area contributed by atoms with Crippen LogP contribution < -0.4 is 5.56 Å². The van der Waals surface area contributed by atoms with Gasteiger partial charge in [-0.1, -0.05) is 5.16 Å². The molecule has 0 aliphatic carbocycles. The minimum Gasteiger partial charge on any atom is -0.361 e. The molecule has 0 aromatic carbocycles. The van der Waals surface area contributed by atoms with E-state index >= 15 is 0 Å². The molecule has 0 radical (unpaired) electrons. The van der Waals surface area contributed by atoms with Crippen molar-refractivity contribution in [1.29, 1.82) is 0 Å². The third-order valence-corrected chi connectivity index (χ3v) is 4.64. The number of alkyl halides is 2. The summed E-state index contributed by atoms with van der Waals surface area (Å²) in [5.41, 5.74) is 0.0257. The molecule has 6 nitrogen and oxygen atoms in total. The molecule has 0 spiro atoms. The molecule has 1 fully saturated rings. The van der Waals surface area contributed by atoms with Gasteiger partial charge in [0.25, 0.3) is 12.0 Å². The summed E-state index contributed by atoms with van der Waals surface area (Å²) >= 11 is 0. The van der Waals surface area contributed by atoms with E-state index < -0.39 is 17.7 Å². The summed E-state index contributed by atoms with van der Waals surface area (Å²) in [5, 5.41) is 3.89. The summed E-state index contributed by atoms with van der Waals surface area (Å²) in [6.45, 7) is 5.27. The second-order valence-electron chi connectivity index (χ2n) is 6.57. The monoisotopic (exact) mass is 352 g/mol. The first-order valence-corrected chi connectivity index (χ1v) is 8.50. The molecule has 0 N–H and O–H groups in total. The molecule has 2 aromatic rings. The fraction of sp³-hybridized carbons (Fsp3) is 0.588. The maximum absolute atomic E-state index is 12.6. The highest BCUT2D eigenvalue weighted by atomic mass is 19.3. The first kappa shape index (κ1) is 17.7. The van der Waals surface area contributed by atoms with Crippen molar-refractivity contribution in [2.24, 2.45) is 5.92 Å². The van der Waals surface area contributed by atoms with Gasteiger partial charge < -0.3 is 9.42 Å². The first-order valence-electron chi connectivity index (χ1n) is 8.50. The number of nitrogens with zero attached hydrogens (tertiary/aromatic N) is 4. The molecule has 0 saturated carbocycles. The number of hydrogen-bond acceptors (Lipinski definition) is 5. The van der Waals surface area contributed by atoms with Gasteiger partial charge in [0.15, 0.2) is 0 Å². The highest BCUT2D eigenvalue weighted by molar-refractivity contribution is 5.03. The van der Waals surface area contributed by atoms with Gasteiger partial charge in [-0.3, -0.25) is 9.36 Å². The minimum atomic E-state index is -2.71. The zero-order valence-corrected chi connectivity index (χ0v) is 14.2. The Labute approximate surface area is 144 Å². The van der Waals surface area contributed by atoms with Crippen molar-refractivity contribution in [2.75, 3.05) is 19.6 Å². The van der Waals surface area contributed by atoms with Gasteiger partial charge in [0.2, 0.25) is 0 Å². The van der Waals surface area contributed by atoms with Crippen LogP contribution in [0.3, 0.4) is 0 Å². The number of piperidine rings is 1. The van der Waals surface area contributed by atoms with E-state index in [1.54, 1.807) is 0 Å². The number of aromatic nitrogens is 3. The summed E-state index contributed by atoms with van der Waals surface area (Å²) < 4.78 is 31.8. The van der Waals surface area contributed by atoms with Crippen LogP contribution in [0.25, 0.3) is 0 Å². The average Bonchev–Trinajstić information content (AvgIpc) is 3.01. The zero-order valence-electron chi connectivity index (χ0n) is 14.2. The highest BCUT2D eigenvalue weighted by Gasteiger charge is 2.20. The molecule has 136 valence electrons. The Balaban J connectivity index is 1.47. The van der Waals surface area contributed by atoms with Crippen molar-refractivity contribution in [3.63, 3.8) is 0 Å². The Hall–Kier alpha value is -2.09. The molecule has 2 aromatic heterocycles. The summed E-state index contributed by atoms with van der Waals surface area (Å²) in [6.07, 6.45) is 1.31. The molecule has 1 aliphatic heterocycles. The second-order valence-corrected chi connectivity index (χ2v) is 6.57. The van der Waals surface area contributed by atoms with E-state index in [0.717, 1.165) is 56.4 Å². The largest absolute Gasteiger partial charge is 0.361 e. The molecule has 3 rings (SSSR count). The second kappa shape index (κ2) is 7.86. The van der Waals surface area contributed by atoms with Crippen molar-refractivity contribution < 1.29 is 13.3 Å². The number of rotatable bonds is 6. The summed E-state index contributed by atoms with van der Waals surface area (Å²) in [6, 6.07) is 2.88. The quantitative estimate of drug-likeness (QED) is 0.799. The van der Waals surface area contributed by atoms with E-state index in [4.69, 9.17) is 4.52 Å². The molecule has 0 amide bonds. The van der Waals surface area contributed by atoms with Crippen molar-refractivity contribution in [3.8, 4) is 0 Å². The fourth-order valence-electron chi connectivity index (χ4n) is 3.17. The predicted molar refractivity (Wildman–Crippen MR) is 87.6 cm³/mol. The Morgan fingerprint density at radius 1 is 1.32 bits per heavy atom. The third-order valence-electron chi connectivity index (χ3n) is 4.64. The van der Waals surface area contributed by atoms with Crippen LogP contribution in [-0.2, 0) is 13.0 Å². The molecule has 0 unspecified atom stereocenters. The van der Waals surface area contributed by atoms with Crippen molar-refractivity contribution in [1.82, 2.24) is 19.6 Å². The third kappa shape index (κ3) is 4.72. The molecular formula is C17H22F2N4O2. The molecule has 0 atom stereocenters. The molecule has 0 bridgehead atoms. The first-order chi connectivity index (χ1) is 12.0. The Kier molecular flexibility index (Phi) is 5.57.